The Hall–Kier alpha value is -2.79. The zero-order valence-electron chi connectivity index (χ0n) is 23.9. The van der Waals surface area contributed by atoms with Gasteiger partial charge in [-0.1, -0.05) is 31.4 Å². The van der Waals surface area contributed by atoms with E-state index in [-0.39, 0.29) is 29.4 Å². The minimum Gasteiger partial charge on any atom is -0.455 e. The molecule has 1 aromatic heterocycles. The average molecular weight is 571 g/mol. The summed E-state index contributed by atoms with van der Waals surface area (Å²) in [5, 5.41) is 3.22. The molecule has 3 fully saturated rings. The second kappa shape index (κ2) is 14.9. The number of carbonyl (C=O) groups excluding carboxylic acids is 2. The van der Waals surface area contributed by atoms with Crippen molar-refractivity contribution in [3.8, 4) is 0 Å². The highest BCUT2D eigenvalue weighted by Crippen LogP contribution is 2.27. The monoisotopic (exact) mass is 570 g/mol. The molecule has 1 N–H and O–H groups in total. The first-order valence-corrected chi connectivity index (χ1v) is 15.1. The van der Waals surface area contributed by atoms with Crippen molar-refractivity contribution in [1.29, 1.82) is 0 Å². The minimum atomic E-state index is -0.900. The predicted octanol–water partition coefficient (Wildman–Crippen LogP) is 3.61. The fourth-order valence-corrected chi connectivity index (χ4v) is 5.98. The topological polar surface area (TPSA) is 87.5 Å². The Morgan fingerprint density at radius 1 is 0.902 bits per heavy atom. The third-order valence-electron chi connectivity index (χ3n) is 8.29. The standard InChI is InChI=1S/C31H43FN4O5/c32-25-9-7-24(8-10-25)29(30(37)33-26-5-2-1-3-6-26)36(14-4-13-34-15-19-39-20-16-34)31(38)28-12-11-27(41-28)23-35-17-21-40-22-18-35/h7-12,26,29H,1-6,13-23H2,(H,33,37)/t29-/m0/s1. The number of furan rings is 1. The Labute approximate surface area is 241 Å². The first-order chi connectivity index (χ1) is 20.1. The Morgan fingerprint density at radius 3 is 2.24 bits per heavy atom. The molecular weight excluding hydrogens is 527 g/mol. The molecule has 5 rings (SSSR count). The predicted molar refractivity (Wildman–Crippen MR) is 152 cm³/mol. The van der Waals surface area contributed by atoms with Crippen LogP contribution in [0, 0.1) is 5.82 Å². The number of morpholine rings is 2. The van der Waals surface area contributed by atoms with Crippen LogP contribution < -0.4 is 5.32 Å². The summed E-state index contributed by atoms with van der Waals surface area (Å²) in [6, 6.07) is 8.62. The average Bonchev–Trinajstić information content (AvgIpc) is 3.47. The quantitative estimate of drug-likeness (QED) is 0.442. The molecule has 0 bridgehead atoms. The number of nitrogens with one attached hydrogen (secondary N) is 1. The van der Waals surface area contributed by atoms with Crippen molar-refractivity contribution < 1.29 is 27.9 Å². The van der Waals surface area contributed by atoms with Crippen molar-refractivity contribution >= 4 is 11.8 Å². The van der Waals surface area contributed by atoms with Crippen molar-refractivity contribution in [2.45, 2.75) is 57.2 Å². The van der Waals surface area contributed by atoms with E-state index in [9.17, 15) is 14.0 Å². The second-order valence-electron chi connectivity index (χ2n) is 11.3. The first-order valence-electron chi connectivity index (χ1n) is 15.1. The molecule has 1 aliphatic carbocycles. The van der Waals surface area contributed by atoms with E-state index in [1.54, 1.807) is 23.1 Å². The van der Waals surface area contributed by atoms with Gasteiger partial charge in [-0.05, 0) is 49.1 Å². The molecule has 1 saturated carbocycles. The number of ether oxygens (including phenoxy) is 2. The molecule has 3 aliphatic rings. The van der Waals surface area contributed by atoms with Gasteiger partial charge in [0.25, 0.3) is 5.91 Å². The van der Waals surface area contributed by atoms with Gasteiger partial charge in [-0.3, -0.25) is 19.4 Å². The summed E-state index contributed by atoms with van der Waals surface area (Å²) in [6.45, 7) is 7.81. The van der Waals surface area contributed by atoms with E-state index in [0.717, 1.165) is 58.4 Å². The molecule has 10 heteroatoms. The van der Waals surface area contributed by atoms with Gasteiger partial charge in [-0.2, -0.15) is 0 Å². The summed E-state index contributed by atoms with van der Waals surface area (Å²) in [6.07, 6.45) is 5.86. The molecule has 0 radical (unpaired) electrons. The SMILES string of the molecule is O=C(NC1CCCCC1)[C@H](c1ccc(F)cc1)N(CCCN1CCOCC1)C(=O)c1ccc(CN2CCOCC2)o1. The van der Waals surface area contributed by atoms with Crippen molar-refractivity contribution in [2.75, 3.05) is 65.7 Å². The van der Waals surface area contributed by atoms with E-state index in [4.69, 9.17) is 13.9 Å². The van der Waals surface area contributed by atoms with Gasteiger partial charge in [0.15, 0.2) is 5.76 Å². The minimum absolute atomic E-state index is 0.0771. The second-order valence-corrected chi connectivity index (χ2v) is 11.3. The van der Waals surface area contributed by atoms with Crippen LogP contribution in [-0.4, -0.2) is 98.3 Å². The smallest absolute Gasteiger partial charge is 0.290 e. The molecule has 2 aliphatic heterocycles. The number of benzene rings is 1. The lowest BCUT2D eigenvalue weighted by atomic mass is 9.94. The number of hydrogen-bond acceptors (Lipinski definition) is 7. The van der Waals surface area contributed by atoms with Crippen LogP contribution >= 0.6 is 0 Å². The van der Waals surface area contributed by atoms with Crippen LogP contribution in [0.15, 0.2) is 40.8 Å². The van der Waals surface area contributed by atoms with E-state index in [1.165, 1.54) is 18.6 Å². The number of hydrogen-bond donors (Lipinski definition) is 1. The maximum absolute atomic E-state index is 14.1. The number of rotatable bonds is 11. The van der Waals surface area contributed by atoms with E-state index in [0.29, 0.717) is 57.3 Å². The molecule has 224 valence electrons. The molecular formula is C31H43FN4O5. The zero-order chi connectivity index (χ0) is 28.4. The number of amides is 2. The summed E-state index contributed by atoms with van der Waals surface area (Å²) in [5.74, 6) is -0.0495. The van der Waals surface area contributed by atoms with Crippen molar-refractivity contribution in [3.05, 3.63) is 59.3 Å². The number of nitrogens with zero attached hydrogens (tertiary/aromatic N) is 3. The highest BCUT2D eigenvalue weighted by Gasteiger charge is 2.34. The molecule has 1 atom stereocenters. The Bertz CT molecular complexity index is 1110. The molecule has 2 saturated heterocycles. The maximum Gasteiger partial charge on any atom is 0.290 e. The third kappa shape index (κ3) is 8.38. The van der Waals surface area contributed by atoms with Crippen LogP contribution in [0.2, 0.25) is 0 Å². The molecule has 2 amide bonds. The molecule has 2 aromatic rings. The van der Waals surface area contributed by atoms with Crippen molar-refractivity contribution in [1.82, 2.24) is 20.0 Å². The molecule has 0 spiro atoms. The normalized spacial score (nSPS) is 20.0. The van der Waals surface area contributed by atoms with Gasteiger partial charge < -0.3 is 24.1 Å². The van der Waals surface area contributed by atoms with E-state index in [1.807, 2.05) is 6.07 Å². The van der Waals surface area contributed by atoms with Gasteiger partial charge >= 0.3 is 0 Å². The van der Waals surface area contributed by atoms with E-state index in [2.05, 4.69) is 15.1 Å². The van der Waals surface area contributed by atoms with Gasteiger partial charge in [0.2, 0.25) is 5.91 Å². The van der Waals surface area contributed by atoms with Crippen LogP contribution in [0.4, 0.5) is 4.39 Å². The molecule has 3 heterocycles. The van der Waals surface area contributed by atoms with Crippen LogP contribution in [0.5, 0.6) is 0 Å². The summed E-state index contributed by atoms with van der Waals surface area (Å²) in [4.78, 5) is 34.2. The van der Waals surface area contributed by atoms with Crippen molar-refractivity contribution in [2.24, 2.45) is 0 Å². The van der Waals surface area contributed by atoms with Gasteiger partial charge in [0, 0.05) is 45.3 Å². The van der Waals surface area contributed by atoms with Crippen LogP contribution in [-0.2, 0) is 20.8 Å². The maximum atomic E-state index is 14.1. The van der Waals surface area contributed by atoms with E-state index >= 15 is 0 Å². The van der Waals surface area contributed by atoms with Crippen LogP contribution in [0.25, 0.3) is 0 Å². The summed E-state index contributed by atoms with van der Waals surface area (Å²) >= 11 is 0. The summed E-state index contributed by atoms with van der Waals surface area (Å²) < 4.78 is 30.9. The lowest BCUT2D eigenvalue weighted by Gasteiger charge is -2.34. The summed E-state index contributed by atoms with van der Waals surface area (Å²) in [5.41, 5.74) is 0.583. The van der Waals surface area contributed by atoms with Gasteiger partial charge in [-0.15, -0.1) is 0 Å². The molecule has 0 unspecified atom stereocenters. The van der Waals surface area contributed by atoms with Crippen molar-refractivity contribution in [3.63, 3.8) is 0 Å². The number of halogens is 1. The Morgan fingerprint density at radius 2 is 1.56 bits per heavy atom. The molecule has 1 aromatic carbocycles. The third-order valence-corrected chi connectivity index (χ3v) is 8.29. The molecule has 41 heavy (non-hydrogen) atoms. The fourth-order valence-electron chi connectivity index (χ4n) is 5.98. The number of carbonyl (C=O) groups is 2. The zero-order valence-corrected chi connectivity index (χ0v) is 23.9. The van der Waals surface area contributed by atoms with Crippen LogP contribution in [0.1, 0.15) is 66.4 Å². The lowest BCUT2D eigenvalue weighted by Crippen LogP contribution is -2.48. The highest BCUT2D eigenvalue weighted by atomic mass is 19.1. The van der Waals surface area contributed by atoms with Crippen LogP contribution in [0.3, 0.4) is 0 Å². The first kappa shape index (κ1) is 29.7. The fraction of sp³-hybridized carbons (Fsp3) is 0.613. The highest BCUT2D eigenvalue weighted by molar-refractivity contribution is 5.96. The summed E-state index contributed by atoms with van der Waals surface area (Å²) in [7, 11) is 0. The Balaban J connectivity index is 1.38. The largest absolute Gasteiger partial charge is 0.455 e. The molecule has 9 nitrogen and oxygen atoms in total. The van der Waals surface area contributed by atoms with Gasteiger partial charge in [0.05, 0.1) is 33.0 Å². The van der Waals surface area contributed by atoms with Gasteiger partial charge in [0.1, 0.15) is 17.6 Å². The Kier molecular flexibility index (Phi) is 10.8. The lowest BCUT2D eigenvalue weighted by molar-refractivity contribution is -0.127. The van der Waals surface area contributed by atoms with E-state index < -0.39 is 6.04 Å². The van der Waals surface area contributed by atoms with Gasteiger partial charge in [-0.25, -0.2) is 4.39 Å².